The van der Waals surface area contributed by atoms with Gasteiger partial charge < -0.3 is 10.2 Å². The van der Waals surface area contributed by atoms with Crippen LogP contribution >= 0.6 is 15.9 Å². The van der Waals surface area contributed by atoms with Gasteiger partial charge in [-0.1, -0.05) is 0 Å². The number of phenolic OH excluding ortho intramolecular Hbond substituents is 1. The summed E-state index contributed by atoms with van der Waals surface area (Å²) in [5.74, 6) is 0.251. The lowest BCUT2D eigenvalue weighted by Crippen LogP contribution is -2.14. The summed E-state index contributed by atoms with van der Waals surface area (Å²) in [6.07, 6.45) is 6.00. The Morgan fingerprint density at radius 3 is 2.56 bits per heavy atom. The van der Waals surface area contributed by atoms with Crippen LogP contribution in [0.1, 0.15) is 42.4 Å². The number of aliphatic hydroxyl groups is 1. The van der Waals surface area contributed by atoms with Crippen LogP contribution in [-0.2, 0) is 18.4 Å². The molecule has 2 N–H and O–H groups in total. The third-order valence-corrected chi connectivity index (χ3v) is 4.37. The summed E-state index contributed by atoms with van der Waals surface area (Å²) in [6.45, 7) is 0. The molecule has 2 aliphatic rings. The maximum absolute atomic E-state index is 10.3. The van der Waals surface area contributed by atoms with E-state index >= 15 is 0 Å². The molecular formula is C13H15BrO2. The summed E-state index contributed by atoms with van der Waals surface area (Å²) >= 11 is 3.38. The number of fused-ring (bicyclic) bond motifs is 1. The molecule has 2 aliphatic carbocycles. The van der Waals surface area contributed by atoms with E-state index in [0.717, 1.165) is 42.1 Å². The molecule has 0 atom stereocenters. The minimum atomic E-state index is -0.741. The fourth-order valence-electron chi connectivity index (χ4n) is 2.73. The van der Waals surface area contributed by atoms with Gasteiger partial charge in [0.15, 0.2) is 0 Å². The van der Waals surface area contributed by atoms with E-state index in [4.69, 9.17) is 0 Å². The average molecular weight is 283 g/mol. The largest absolute Gasteiger partial charge is 0.506 e. The van der Waals surface area contributed by atoms with Crippen molar-refractivity contribution in [3.8, 4) is 5.75 Å². The summed E-state index contributed by atoms with van der Waals surface area (Å²) in [4.78, 5) is 0. The van der Waals surface area contributed by atoms with Crippen LogP contribution in [0.4, 0.5) is 0 Å². The van der Waals surface area contributed by atoms with E-state index in [0.29, 0.717) is 0 Å². The molecule has 86 valence electrons. The molecule has 0 aliphatic heterocycles. The number of phenols is 1. The molecule has 0 spiro atoms. The number of hydrogen-bond acceptors (Lipinski definition) is 2. The second kappa shape index (κ2) is 3.47. The first-order chi connectivity index (χ1) is 7.62. The van der Waals surface area contributed by atoms with E-state index < -0.39 is 5.60 Å². The van der Waals surface area contributed by atoms with Crippen molar-refractivity contribution < 1.29 is 10.2 Å². The molecule has 0 radical (unpaired) electrons. The van der Waals surface area contributed by atoms with Gasteiger partial charge in [-0.15, -0.1) is 0 Å². The Kier molecular flexibility index (Phi) is 2.30. The summed E-state index contributed by atoms with van der Waals surface area (Å²) in [6, 6.07) is 2.01. The molecule has 1 saturated carbocycles. The normalized spacial score (nSPS) is 21.6. The van der Waals surface area contributed by atoms with Gasteiger partial charge in [-0.05, 0) is 71.6 Å². The molecule has 3 heteroatoms. The van der Waals surface area contributed by atoms with Gasteiger partial charge in [-0.3, -0.25) is 0 Å². The number of benzene rings is 1. The standard InChI is InChI=1S/C13H15BrO2/c14-10-7-8-3-1-2-4-9(8)11(12(10)15)13(16)5-6-13/h7,15-16H,1-6H2. The van der Waals surface area contributed by atoms with Crippen LogP contribution < -0.4 is 0 Å². The van der Waals surface area contributed by atoms with E-state index in [1.165, 1.54) is 17.5 Å². The Morgan fingerprint density at radius 2 is 1.88 bits per heavy atom. The summed E-state index contributed by atoms with van der Waals surface area (Å²) < 4.78 is 0.725. The minimum Gasteiger partial charge on any atom is -0.506 e. The zero-order valence-electron chi connectivity index (χ0n) is 9.09. The zero-order valence-corrected chi connectivity index (χ0v) is 10.7. The van der Waals surface area contributed by atoms with Crippen LogP contribution in [0, 0.1) is 0 Å². The highest BCUT2D eigenvalue weighted by molar-refractivity contribution is 9.10. The summed E-state index contributed by atoms with van der Waals surface area (Å²) in [7, 11) is 0. The molecule has 0 bridgehead atoms. The molecule has 1 aromatic rings. The van der Waals surface area contributed by atoms with Gasteiger partial charge in [0.2, 0.25) is 0 Å². The van der Waals surface area contributed by atoms with Crippen LogP contribution in [0.2, 0.25) is 0 Å². The number of halogens is 1. The van der Waals surface area contributed by atoms with Gasteiger partial charge >= 0.3 is 0 Å². The number of rotatable bonds is 1. The fourth-order valence-corrected chi connectivity index (χ4v) is 3.20. The molecule has 0 unspecified atom stereocenters. The monoisotopic (exact) mass is 282 g/mol. The van der Waals surface area contributed by atoms with Crippen LogP contribution in [0.5, 0.6) is 5.75 Å². The molecule has 0 amide bonds. The highest BCUT2D eigenvalue weighted by atomic mass is 79.9. The molecule has 1 fully saturated rings. The Balaban J connectivity index is 2.23. The first kappa shape index (κ1) is 10.6. The second-order valence-corrected chi connectivity index (χ2v) is 5.81. The van der Waals surface area contributed by atoms with Gasteiger partial charge in [0, 0.05) is 5.56 Å². The van der Waals surface area contributed by atoms with Crippen molar-refractivity contribution in [1.82, 2.24) is 0 Å². The Labute approximate surface area is 103 Å². The first-order valence-electron chi connectivity index (χ1n) is 5.88. The van der Waals surface area contributed by atoms with Crippen molar-refractivity contribution in [2.24, 2.45) is 0 Å². The van der Waals surface area contributed by atoms with Crippen LogP contribution in [0.15, 0.2) is 10.5 Å². The SMILES string of the molecule is Oc1c(Br)cc2c(c1C1(O)CC1)CCCC2. The second-order valence-electron chi connectivity index (χ2n) is 4.96. The van der Waals surface area contributed by atoms with E-state index in [2.05, 4.69) is 15.9 Å². The molecular weight excluding hydrogens is 268 g/mol. The number of hydrogen-bond donors (Lipinski definition) is 2. The summed E-state index contributed by atoms with van der Waals surface area (Å²) in [5.41, 5.74) is 2.56. The fraction of sp³-hybridized carbons (Fsp3) is 0.538. The molecule has 0 heterocycles. The highest BCUT2D eigenvalue weighted by Gasteiger charge is 2.46. The predicted octanol–water partition coefficient (Wildman–Crippen LogP) is 3.01. The number of aromatic hydroxyl groups is 1. The smallest absolute Gasteiger partial charge is 0.136 e. The van der Waals surface area contributed by atoms with E-state index in [1.54, 1.807) is 0 Å². The van der Waals surface area contributed by atoms with Crippen molar-refractivity contribution in [1.29, 1.82) is 0 Å². The predicted molar refractivity (Wildman–Crippen MR) is 65.6 cm³/mol. The van der Waals surface area contributed by atoms with Gasteiger partial charge in [0.25, 0.3) is 0 Å². The number of aryl methyl sites for hydroxylation is 1. The average Bonchev–Trinajstić information content (AvgIpc) is 2.99. The lowest BCUT2D eigenvalue weighted by Gasteiger charge is -2.24. The molecule has 3 rings (SSSR count). The van der Waals surface area contributed by atoms with E-state index in [9.17, 15) is 10.2 Å². The van der Waals surface area contributed by atoms with Crippen molar-refractivity contribution in [2.45, 2.75) is 44.1 Å². The molecule has 0 aromatic heterocycles. The van der Waals surface area contributed by atoms with Crippen LogP contribution in [-0.4, -0.2) is 10.2 Å². The van der Waals surface area contributed by atoms with Crippen molar-refractivity contribution in [2.75, 3.05) is 0 Å². The van der Waals surface area contributed by atoms with Crippen LogP contribution in [0.3, 0.4) is 0 Å². The third-order valence-electron chi connectivity index (χ3n) is 3.77. The molecule has 0 saturated heterocycles. The zero-order chi connectivity index (χ0) is 11.3. The Morgan fingerprint density at radius 1 is 1.19 bits per heavy atom. The maximum atomic E-state index is 10.3. The lowest BCUT2D eigenvalue weighted by atomic mass is 9.85. The van der Waals surface area contributed by atoms with E-state index in [1.807, 2.05) is 6.07 Å². The van der Waals surface area contributed by atoms with Crippen molar-refractivity contribution >= 4 is 15.9 Å². The molecule has 1 aromatic carbocycles. The minimum absolute atomic E-state index is 0.251. The Hall–Kier alpha value is -0.540. The lowest BCUT2D eigenvalue weighted by molar-refractivity contribution is 0.146. The third kappa shape index (κ3) is 1.49. The van der Waals surface area contributed by atoms with E-state index in [-0.39, 0.29) is 5.75 Å². The highest BCUT2D eigenvalue weighted by Crippen LogP contribution is 2.53. The maximum Gasteiger partial charge on any atom is 0.136 e. The van der Waals surface area contributed by atoms with Crippen LogP contribution in [0.25, 0.3) is 0 Å². The summed E-state index contributed by atoms with van der Waals surface area (Å²) in [5, 5.41) is 20.4. The van der Waals surface area contributed by atoms with Crippen molar-refractivity contribution in [3.63, 3.8) is 0 Å². The van der Waals surface area contributed by atoms with Gasteiger partial charge in [0.1, 0.15) is 5.75 Å². The van der Waals surface area contributed by atoms with Gasteiger partial charge in [-0.2, -0.15) is 0 Å². The van der Waals surface area contributed by atoms with Gasteiger partial charge in [0.05, 0.1) is 10.1 Å². The topological polar surface area (TPSA) is 40.5 Å². The van der Waals surface area contributed by atoms with Gasteiger partial charge in [-0.25, -0.2) is 0 Å². The molecule has 2 nitrogen and oxygen atoms in total. The quantitative estimate of drug-likeness (QED) is 0.831. The van der Waals surface area contributed by atoms with Crippen molar-refractivity contribution in [3.05, 3.63) is 27.2 Å². The first-order valence-corrected chi connectivity index (χ1v) is 6.67. The molecule has 16 heavy (non-hydrogen) atoms. The Bertz CT molecular complexity index is 450.